The van der Waals surface area contributed by atoms with Crippen molar-refractivity contribution in [1.29, 1.82) is 0 Å². The Morgan fingerprint density at radius 1 is 1.15 bits per heavy atom. The first-order chi connectivity index (χ1) is 13.2. The molecule has 0 unspecified atom stereocenters. The van der Waals surface area contributed by atoms with Crippen LogP contribution in [-0.2, 0) is 10.2 Å². The largest absolute Gasteiger partial charge is 0.356 e. The lowest BCUT2D eigenvalue weighted by Gasteiger charge is -2.37. The normalized spacial score (nSPS) is 20.0. The van der Waals surface area contributed by atoms with Crippen LogP contribution in [0.2, 0.25) is 0 Å². The fourth-order valence-electron chi connectivity index (χ4n) is 4.11. The molecule has 0 radical (unpaired) electrons. The summed E-state index contributed by atoms with van der Waals surface area (Å²) in [7, 11) is 1.83. The van der Waals surface area contributed by atoms with E-state index < -0.39 is 0 Å². The van der Waals surface area contributed by atoms with E-state index in [0.29, 0.717) is 0 Å². The molecule has 2 saturated carbocycles. The van der Waals surface area contributed by atoms with Gasteiger partial charge in [-0.25, -0.2) is 0 Å². The van der Waals surface area contributed by atoms with Gasteiger partial charge in [-0.15, -0.1) is 11.3 Å². The number of amides is 1. The van der Waals surface area contributed by atoms with Gasteiger partial charge in [0.05, 0.1) is 0 Å². The smallest absolute Gasteiger partial charge is 0.223 e. The molecule has 1 amide bonds. The van der Waals surface area contributed by atoms with Crippen LogP contribution in [0.15, 0.2) is 22.5 Å². The highest BCUT2D eigenvalue weighted by atomic mass is 32.1. The Kier molecular flexibility index (Phi) is 7.56. The third-order valence-electron chi connectivity index (χ3n) is 6.09. The van der Waals surface area contributed by atoms with E-state index in [2.05, 4.69) is 38.5 Å². The number of aliphatic imine (C=N–C) groups is 1. The predicted octanol–water partition coefficient (Wildman–Crippen LogP) is 3.42. The summed E-state index contributed by atoms with van der Waals surface area (Å²) in [6.45, 7) is 2.49. The van der Waals surface area contributed by atoms with Gasteiger partial charge < -0.3 is 16.0 Å². The Bertz CT molecular complexity index is 604. The Morgan fingerprint density at radius 2 is 1.93 bits per heavy atom. The number of nitrogens with one attached hydrogen (secondary N) is 3. The minimum Gasteiger partial charge on any atom is -0.356 e. The van der Waals surface area contributed by atoms with E-state index in [9.17, 15) is 4.79 Å². The van der Waals surface area contributed by atoms with Crippen molar-refractivity contribution >= 4 is 23.2 Å². The predicted molar refractivity (Wildman–Crippen MR) is 113 cm³/mol. The van der Waals surface area contributed by atoms with Gasteiger partial charge in [-0.2, -0.15) is 0 Å². The van der Waals surface area contributed by atoms with Crippen molar-refractivity contribution in [3.63, 3.8) is 0 Å². The van der Waals surface area contributed by atoms with Gasteiger partial charge in [0.2, 0.25) is 5.91 Å². The first-order valence-electron chi connectivity index (χ1n) is 10.5. The van der Waals surface area contributed by atoms with Crippen molar-refractivity contribution in [2.24, 2.45) is 10.9 Å². The molecule has 150 valence electrons. The summed E-state index contributed by atoms with van der Waals surface area (Å²) in [5.74, 6) is 1.37. The van der Waals surface area contributed by atoms with Crippen LogP contribution < -0.4 is 16.0 Å². The summed E-state index contributed by atoms with van der Waals surface area (Å²) in [6, 6.07) is 4.46. The molecule has 0 saturated heterocycles. The molecule has 1 aromatic rings. The van der Waals surface area contributed by atoms with Gasteiger partial charge in [-0.3, -0.25) is 9.79 Å². The first kappa shape index (κ1) is 20.2. The molecule has 2 aliphatic rings. The molecule has 0 bridgehead atoms. The molecule has 0 spiro atoms. The minimum atomic E-state index is 0.235. The van der Waals surface area contributed by atoms with Crippen LogP contribution in [-0.4, -0.2) is 38.5 Å². The van der Waals surface area contributed by atoms with E-state index in [1.54, 1.807) is 0 Å². The Hall–Kier alpha value is -1.56. The second-order valence-corrected chi connectivity index (χ2v) is 8.89. The van der Waals surface area contributed by atoms with Gasteiger partial charge in [-0.1, -0.05) is 31.7 Å². The molecular formula is C21H34N4OS. The van der Waals surface area contributed by atoms with Crippen LogP contribution in [0.1, 0.15) is 62.7 Å². The van der Waals surface area contributed by atoms with Crippen molar-refractivity contribution in [2.45, 2.75) is 63.2 Å². The Morgan fingerprint density at radius 3 is 2.56 bits per heavy atom. The summed E-state index contributed by atoms with van der Waals surface area (Å²) in [5, 5.41) is 12.2. The Balaban J connectivity index is 1.39. The van der Waals surface area contributed by atoms with Gasteiger partial charge in [0.1, 0.15) is 0 Å². The Labute approximate surface area is 167 Å². The molecule has 1 heterocycles. The monoisotopic (exact) mass is 390 g/mol. The van der Waals surface area contributed by atoms with Crippen molar-refractivity contribution in [3.8, 4) is 0 Å². The summed E-state index contributed by atoms with van der Waals surface area (Å²) in [4.78, 5) is 17.7. The van der Waals surface area contributed by atoms with Crippen LogP contribution >= 0.6 is 11.3 Å². The summed E-state index contributed by atoms with van der Waals surface area (Å²) in [6.07, 6.45) is 10.7. The molecule has 3 N–H and O–H groups in total. The highest BCUT2D eigenvalue weighted by molar-refractivity contribution is 7.10. The maximum absolute atomic E-state index is 11.8. The highest BCUT2D eigenvalue weighted by Crippen LogP contribution is 2.41. The van der Waals surface area contributed by atoms with Crippen molar-refractivity contribution in [3.05, 3.63) is 22.4 Å². The number of thiophene rings is 1. The number of carbonyl (C=O) groups is 1. The number of hydrogen-bond donors (Lipinski definition) is 3. The molecule has 0 aromatic carbocycles. The minimum absolute atomic E-state index is 0.235. The maximum atomic E-state index is 11.8. The van der Waals surface area contributed by atoms with Crippen LogP contribution in [0.5, 0.6) is 0 Å². The third kappa shape index (κ3) is 5.47. The van der Waals surface area contributed by atoms with E-state index in [1.165, 1.54) is 43.4 Å². The molecule has 6 heteroatoms. The van der Waals surface area contributed by atoms with Crippen molar-refractivity contribution in [1.82, 2.24) is 16.0 Å². The van der Waals surface area contributed by atoms with Gasteiger partial charge in [-0.05, 0) is 43.6 Å². The first-order valence-corrected chi connectivity index (χ1v) is 11.4. The SMILES string of the molecule is CN=C(NCCCNC(=O)C1CCC1)NCC1(c2cccs2)CCCCC1. The number of rotatable bonds is 8. The van der Waals surface area contributed by atoms with Gasteiger partial charge in [0.15, 0.2) is 5.96 Å². The molecule has 27 heavy (non-hydrogen) atoms. The van der Waals surface area contributed by atoms with Gasteiger partial charge in [0.25, 0.3) is 0 Å². The molecule has 0 aliphatic heterocycles. The standard InChI is InChI=1S/C21H34N4OS/c1-22-20(24-14-7-13-23-19(26)17-8-5-9-17)25-16-21(11-3-2-4-12-21)18-10-6-15-27-18/h6,10,15,17H,2-5,7-9,11-14,16H2,1H3,(H,23,26)(H2,22,24,25). The van der Waals surface area contributed by atoms with E-state index in [-0.39, 0.29) is 17.2 Å². The average Bonchev–Trinajstić information content (AvgIpc) is 3.19. The summed E-state index contributed by atoms with van der Waals surface area (Å²) >= 11 is 1.88. The lowest BCUT2D eigenvalue weighted by Crippen LogP contribution is -2.46. The van der Waals surface area contributed by atoms with Crippen molar-refractivity contribution < 1.29 is 4.79 Å². The average molecular weight is 391 g/mol. The fraction of sp³-hybridized carbons (Fsp3) is 0.714. The number of hydrogen-bond acceptors (Lipinski definition) is 3. The number of guanidine groups is 1. The van der Waals surface area contributed by atoms with E-state index >= 15 is 0 Å². The van der Waals surface area contributed by atoms with Gasteiger partial charge in [0, 0.05) is 42.9 Å². The molecule has 2 aliphatic carbocycles. The zero-order valence-corrected chi connectivity index (χ0v) is 17.4. The van der Waals surface area contributed by atoms with Crippen molar-refractivity contribution in [2.75, 3.05) is 26.7 Å². The molecule has 3 rings (SSSR count). The zero-order valence-electron chi connectivity index (χ0n) is 16.6. The molecule has 2 fully saturated rings. The van der Waals surface area contributed by atoms with Crippen LogP contribution in [0, 0.1) is 5.92 Å². The van der Waals surface area contributed by atoms with E-state index in [0.717, 1.165) is 44.9 Å². The molecule has 1 aromatic heterocycles. The lowest BCUT2D eigenvalue weighted by molar-refractivity contribution is -0.127. The van der Waals surface area contributed by atoms with E-state index in [1.807, 2.05) is 18.4 Å². The number of carbonyl (C=O) groups excluding carboxylic acids is 1. The summed E-state index contributed by atoms with van der Waals surface area (Å²) in [5.41, 5.74) is 0.251. The van der Waals surface area contributed by atoms with E-state index in [4.69, 9.17) is 0 Å². The topological polar surface area (TPSA) is 65.5 Å². The third-order valence-corrected chi connectivity index (χ3v) is 7.21. The van der Waals surface area contributed by atoms with Gasteiger partial charge >= 0.3 is 0 Å². The van der Waals surface area contributed by atoms with Crippen LogP contribution in [0.4, 0.5) is 0 Å². The van der Waals surface area contributed by atoms with Crippen LogP contribution in [0.25, 0.3) is 0 Å². The molecule has 5 nitrogen and oxygen atoms in total. The number of nitrogens with zero attached hydrogens (tertiary/aromatic N) is 1. The summed E-state index contributed by atoms with van der Waals surface area (Å²) < 4.78 is 0. The maximum Gasteiger partial charge on any atom is 0.223 e. The lowest BCUT2D eigenvalue weighted by atomic mass is 9.73. The fourth-order valence-corrected chi connectivity index (χ4v) is 5.10. The second-order valence-electron chi connectivity index (χ2n) is 7.94. The molecule has 0 atom stereocenters. The quantitative estimate of drug-likeness (QED) is 0.362. The second kappa shape index (κ2) is 10.1. The molecular weight excluding hydrogens is 356 g/mol. The van der Waals surface area contributed by atoms with Crippen LogP contribution in [0.3, 0.4) is 0 Å². The zero-order chi connectivity index (χ0) is 19.0. The highest BCUT2D eigenvalue weighted by Gasteiger charge is 2.34.